The van der Waals surface area contributed by atoms with E-state index in [0.717, 1.165) is 27.9 Å². The van der Waals surface area contributed by atoms with Crippen molar-refractivity contribution in [2.45, 2.75) is 19.9 Å². The Morgan fingerprint density at radius 2 is 2.00 bits per heavy atom. The summed E-state index contributed by atoms with van der Waals surface area (Å²) in [6, 6.07) is 7.38. The van der Waals surface area contributed by atoms with Crippen molar-refractivity contribution in [1.82, 2.24) is 25.4 Å². The lowest BCUT2D eigenvalue weighted by Gasteiger charge is -2.07. The number of carbonyl (C=O) groups is 2. The monoisotopic (exact) mass is 373 g/mol. The van der Waals surface area contributed by atoms with E-state index in [1.54, 1.807) is 9.95 Å². The molecule has 3 aromatic rings. The molecule has 1 aromatic carbocycles. The third-order valence-electron chi connectivity index (χ3n) is 3.96. The quantitative estimate of drug-likeness (QED) is 0.538. The highest BCUT2D eigenvalue weighted by atomic mass is 32.1. The van der Waals surface area contributed by atoms with Crippen LogP contribution in [0, 0.1) is 6.92 Å². The third-order valence-corrected chi connectivity index (χ3v) is 4.84. The number of aromatic amines is 1. The molecular formula is C17H19N5O3S. The van der Waals surface area contributed by atoms with Crippen LogP contribution in [0.4, 0.5) is 0 Å². The summed E-state index contributed by atoms with van der Waals surface area (Å²) in [5.74, 6) is -0.459. The molecule has 3 N–H and O–H groups in total. The van der Waals surface area contributed by atoms with Gasteiger partial charge in [0.15, 0.2) is 5.69 Å². The molecule has 136 valence electrons. The van der Waals surface area contributed by atoms with Crippen LogP contribution < -0.4 is 15.5 Å². The average Bonchev–Trinajstić information content (AvgIpc) is 3.20. The van der Waals surface area contributed by atoms with Crippen LogP contribution >= 0.6 is 11.3 Å². The molecule has 8 nitrogen and oxygen atoms in total. The van der Waals surface area contributed by atoms with E-state index in [-0.39, 0.29) is 23.1 Å². The van der Waals surface area contributed by atoms with Crippen LogP contribution in [0.5, 0.6) is 0 Å². The summed E-state index contributed by atoms with van der Waals surface area (Å²) in [6.07, 6.45) is 0.218. The maximum atomic E-state index is 12.2. The highest BCUT2D eigenvalue weighted by Crippen LogP contribution is 2.14. The molecule has 9 heteroatoms. The van der Waals surface area contributed by atoms with Gasteiger partial charge in [-0.1, -0.05) is 29.5 Å². The number of nitrogens with zero attached hydrogens (tertiary/aromatic N) is 2. The number of nitrogens with one attached hydrogen (secondary N) is 3. The maximum absolute atomic E-state index is 12.2. The van der Waals surface area contributed by atoms with E-state index in [9.17, 15) is 14.4 Å². The molecule has 0 aliphatic rings. The zero-order valence-corrected chi connectivity index (χ0v) is 15.1. The van der Waals surface area contributed by atoms with Gasteiger partial charge in [0, 0.05) is 42.5 Å². The first-order chi connectivity index (χ1) is 12.6. The summed E-state index contributed by atoms with van der Waals surface area (Å²) in [5.41, 5.74) is 1.98. The summed E-state index contributed by atoms with van der Waals surface area (Å²) in [4.78, 5) is 35.6. The minimum atomic E-state index is -0.294. The second kappa shape index (κ2) is 7.96. The van der Waals surface area contributed by atoms with Gasteiger partial charge in [-0.3, -0.25) is 19.5 Å². The van der Waals surface area contributed by atoms with Crippen LogP contribution in [0.2, 0.25) is 0 Å². The molecule has 0 saturated heterocycles. The Bertz CT molecular complexity index is 988. The summed E-state index contributed by atoms with van der Waals surface area (Å²) < 4.78 is 1.58. The first-order valence-electron chi connectivity index (χ1n) is 8.19. The maximum Gasteiger partial charge on any atom is 0.307 e. The van der Waals surface area contributed by atoms with Gasteiger partial charge < -0.3 is 15.2 Å². The number of hydrogen-bond donors (Lipinski definition) is 3. The normalized spacial score (nSPS) is 10.8. The molecule has 0 bridgehead atoms. The molecular weight excluding hydrogens is 354 g/mol. The average molecular weight is 373 g/mol. The summed E-state index contributed by atoms with van der Waals surface area (Å²) in [7, 11) is 0. The van der Waals surface area contributed by atoms with Gasteiger partial charge in [-0.25, -0.2) is 0 Å². The SMILES string of the molecule is Cc1csc(=O)n1CCC(=O)NCCNC(=O)c1n[nH]c2ccccc12. The summed E-state index contributed by atoms with van der Waals surface area (Å²) in [5, 5.41) is 14.8. The van der Waals surface area contributed by atoms with E-state index in [1.165, 1.54) is 0 Å². The molecule has 0 aliphatic carbocycles. The van der Waals surface area contributed by atoms with Crippen LogP contribution in [-0.2, 0) is 11.3 Å². The van der Waals surface area contributed by atoms with Crippen molar-refractivity contribution in [2.75, 3.05) is 13.1 Å². The topological polar surface area (TPSA) is 109 Å². The first-order valence-corrected chi connectivity index (χ1v) is 9.07. The van der Waals surface area contributed by atoms with E-state index >= 15 is 0 Å². The zero-order valence-electron chi connectivity index (χ0n) is 14.2. The van der Waals surface area contributed by atoms with Crippen LogP contribution in [0.25, 0.3) is 10.9 Å². The molecule has 2 aromatic heterocycles. The Morgan fingerprint density at radius 1 is 1.23 bits per heavy atom. The van der Waals surface area contributed by atoms with Crippen LogP contribution in [-0.4, -0.2) is 39.7 Å². The third kappa shape index (κ3) is 3.99. The van der Waals surface area contributed by atoms with Crippen LogP contribution in [0.1, 0.15) is 22.6 Å². The second-order valence-corrected chi connectivity index (χ2v) is 6.59. The lowest BCUT2D eigenvalue weighted by atomic mass is 10.2. The number of aryl methyl sites for hydroxylation is 1. The number of fused-ring (bicyclic) bond motifs is 1. The predicted molar refractivity (Wildman–Crippen MR) is 99.4 cm³/mol. The predicted octanol–water partition coefficient (Wildman–Crippen LogP) is 1.03. The molecule has 26 heavy (non-hydrogen) atoms. The molecule has 0 saturated carbocycles. The van der Waals surface area contributed by atoms with Crippen molar-refractivity contribution in [1.29, 1.82) is 0 Å². The first kappa shape index (κ1) is 17.9. The Morgan fingerprint density at radius 3 is 2.77 bits per heavy atom. The van der Waals surface area contributed by atoms with Gasteiger partial charge >= 0.3 is 4.87 Å². The van der Waals surface area contributed by atoms with E-state index in [1.807, 2.05) is 31.2 Å². The van der Waals surface area contributed by atoms with E-state index in [4.69, 9.17) is 0 Å². The minimum Gasteiger partial charge on any atom is -0.354 e. The second-order valence-electron chi connectivity index (χ2n) is 5.77. The molecule has 0 unspecified atom stereocenters. The number of hydrogen-bond acceptors (Lipinski definition) is 5. The number of para-hydroxylation sites is 1. The Kier molecular flexibility index (Phi) is 5.47. The molecule has 0 radical (unpaired) electrons. The summed E-state index contributed by atoms with van der Waals surface area (Å²) >= 11 is 1.13. The molecule has 0 atom stereocenters. The van der Waals surface area contributed by atoms with Crippen molar-refractivity contribution >= 4 is 34.1 Å². The van der Waals surface area contributed by atoms with Crippen LogP contribution in [0.3, 0.4) is 0 Å². The van der Waals surface area contributed by atoms with Crippen LogP contribution in [0.15, 0.2) is 34.4 Å². The molecule has 2 amide bonds. The highest BCUT2D eigenvalue weighted by molar-refractivity contribution is 7.07. The Hall–Kier alpha value is -2.94. The Labute approximate surface area is 153 Å². The van der Waals surface area contributed by atoms with Gasteiger partial charge in [-0.05, 0) is 13.0 Å². The number of aromatic nitrogens is 3. The smallest absolute Gasteiger partial charge is 0.307 e. The van der Waals surface area contributed by atoms with Crippen molar-refractivity contribution < 1.29 is 9.59 Å². The molecule has 0 aliphatic heterocycles. The van der Waals surface area contributed by atoms with Crippen molar-refractivity contribution in [3.63, 3.8) is 0 Å². The lowest BCUT2D eigenvalue weighted by molar-refractivity contribution is -0.121. The number of rotatable bonds is 7. The van der Waals surface area contributed by atoms with Gasteiger partial charge in [0.25, 0.3) is 5.91 Å². The van der Waals surface area contributed by atoms with Crippen molar-refractivity contribution in [2.24, 2.45) is 0 Å². The van der Waals surface area contributed by atoms with Crippen molar-refractivity contribution in [3.8, 4) is 0 Å². The van der Waals surface area contributed by atoms with Crippen molar-refractivity contribution in [3.05, 3.63) is 50.7 Å². The van der Waals surface area contributed by atoms with E-state index < -0.39 is 0 Å². The Balaban J connectivity index is 1.41. The minimum absolute atomic E-state index is 0.0613. The molecule has 0 fully saturated rings. The van der Waals surface area contributed by atoms with Gasteiger partial charge in [0.1, 0.15) is 0 Å². The van der Waals surface area contributed by atoms with E-state index in [0.29, 0.717) is 25.3 Å². The van der Waals surface area contributed by atoms with Gasteiger partial charge in [0.2, 0.25) is 5.91 Å². The number of carbonyl (C=O) groups excluding carboxylic acids is 2. The zero-order chi connectivity index (χ0) is 18.5. The lowest BCUT2D eigenvalue weighted by Crippen LogP contribution is -2.35. The highest BCUT2D eigenvalue weighted by Gasteiger charge is 2.13. The summed E-state index contributed by atoms with van der Waals surface area (Å²) in [6.45, 7) is 2.79. The van der Waals surface area contributed by atoms with E-state index in [2.05, 4.69) is 20.8 Å². The number of H-pyrrole nitrogens is 1. The number of benzene rings is 1. The molecule has 3 rings (SSSR count). The standard InChI is InChI=1S/C17H19N5O3S/c1-11-10-26-17(25)22(11)9-6-14(23)18-7-8-19-16(24)15-12-4-2-3-5-13(12)20-21-15/h2-5,10H,6-9H2,1H3,(H,18,23)(H,19,24)(H,20,21). The van der Waals surface area contributed by atoms with Gasteiger partial charge in [-0.2, -0.15) is 5.10 Å². The fourth-order valence-electron chi connectivity index (χ4n) is 2.57. The largest absolute Gasteiger partial charge is 0.354 e. The fourth-order valence-corrected chi connectivity index (χ4v) is 3.34. The molecule has 2 heterocycles. The molecule has 0 spiro atoms. The number of amides is 2. The fraction of sp³-hybridized carbons (Fsp3) is 0.294. The number of thiazole rings is 1. The van der Waals surface area contributed by atoms with Gasteiger partial charge in [0.05, 0.1) is 5.52 Å². The van der Waals surface area contributed by atoms with Gasteiger partial charge in [-0.15, -0.1) is 0 Å².